The van der Waals surface area contributed by atoms with Crippen LogP contribution >= 0.6 is 11.8 Å². The number of aromatic nitrogens is 2. The normalized spacial score (nSPS) is 15.1. The van der Waals surface area contributed by atoms with Crippen LogP contribution < -0.4 is 0 Å². The van der Waals surface area contributed by atoms with Crippen LogP contribution in [0.2, 0.25) is 0 Å². The van der Waals surface area contributed by atoms with Gasteiger partial charge in [0.05, 0.1) is 6.20 Å². The van der Waals surface area contributed by atoms with Gasteiger partial charge in [-0.25, -0.2) is 4.98 Å². The second kappa shape index (κ2) is 7.95. The van der Waals surface area contributed by atoms with Crippen molar-refractivity contribution in [1.82, 2.24) is 19.4 Å². The number of imidazole rings is 1. The van der Waals surface area contributed by atoms with Crippen molar-refractivity contribution in [3.8, 4) is 5.69 Å². The first kappa shape index (κ1) is 18.5. The molecule has 138 valence electrons. The molecule has 0 saturated carbocycles. The number of carbonyl (C=O) groups is 2. The first-order chi connectivity index (χ1) is 12.5. The summed E-state index contributed by atoms with van der Waals surface area (Å²) < 4.78 is 1.91. The van der Waals surface area contributed by atoms with Crippen molar-refractivity contribution in [3.63, 3.8) is 0 Å². The maximum Gasteiger partial charge on any atom is 0.272 e. The van der Waals surface area contributed by atoms with Crippen LogP contribution in [0.25, 0.3) is 5.69 Å². The average molecular weight is 372 g/mol. The summed E-state index contributed by atoms with van der Waals surface area (Å²) in [6.45, 7) is 1.19. The van der Waals surface area contributed by atoms with Crippen LogP contribution in [0.1, 0.15) is 23.3 Å². The molecule has 0 N–H and O–H groups in total. The lowest BCUT2D eigenvalue weighted by Crippen LogP contribution is -2.43. The van der Waals surface area contributed by atoms with Crippen LogP contribution in [0.3, 0.4) is 0 Å². The predicted molar refractivity (Wildman–Crippen MR) is 103 cm³/mol. The Morgan fingerprint density at radius 3 is 2.38 bits per heavy atom. The number of rotatable bonds is 4. The Bertz CT molecular complexity index is 780. The molecule has 0 spiro atoms. The molecule has 6 nitrogen and oxygen atoms in total. The maximum absolute atomic E-state index is 13.1. The maximum atomic E-state index is 13.1. The molecule has 0 atom stereocenters. The zero-order valence-electron chi connectivity index (χ0n) is 15.4. The highest BCUT2D eigenvalue weighted by molar-refractivity contribution is 7.98. The molecule has 3 rings (SSSR count). The molecule has 1 aliphatic rings. The summed E-state index contributed by atoms with van der Waals surface area (Å²) in [6.07, 6.45) is 5.02. The zero-order valence-corrected chi connectivity index (χ0v) is 16.2. The fraction of sp³-hybridized carbons (Fsp3) is 0.421. The summed E-state index contributed by atoms with van der Waals surface area (Å²) in [6, 6.07) is 9.80. The molecule has 1 fully saturated rings. The molecule has 26 heavy (non-hydrogen) atoms. The lowest BCUT2D eigenvalue weighted by Gasteiger charge is -2.32. The van der Waals surface area contributed by atoms with Crippen molar-refractivity contribution < 1.29 is 9.59 Å². The molecule has 0 unspecified atom stereocenters. The monoisotopic (exact) mass is 372 g/mol. The van der Waals surface area contributed by atoms with Crippen molar-refractivity contribution in [1.29, 1.82) is 0 Å². The third kappa shape index (κ3) is 3.62. The van der Waals surface area contributed by atoms with Gasteiger partial charge in [0.25, 0.3) is 5.91 Å². The number of piperidine rings is 1. The van der Waals surface area contributed by atoms with E-state index in [1.807, 2.05) is 46.1 Å². The van der Waals surface area contributed by atoms with Gasteiger partial charge in [0.2, 0.25) is 5.91 Å². The highest BCUT2D eigenvalue weighted by atomic mass is 32.2. The summed E-state index contributed by atoms with van der Waals surface area (Å²) >= 11 is 1.51. The van der Waals surface area contributed by atoms with Crippen LogP contribution in [0.15, 0.2) is 41.7 Å². The quantitative estimate of drug-likeness (QED) is 0.774. The number of hydrogen-bond donors (Lipinski definition) is 0. The van der Waals surface area contributed by atoms with E-state index in [1.165, 1.54) is 11.8 Å². The topological polar surface area (TPSA) is 58.4 Å². The third-order valence-electron chi connectivity index (χ3n) is 4.72. The van der Waals surface area contributed by atoms with E-state index < -0.39 is 0 Å². The highest BCUT2D eigenvalue weighted by Crippen LogP contribution is 2.25. The number of thioether (sulfide) groups is 1. The number of benzene rings is 1. The Labute approximate surface area is 158 Å². The molecular weight excluding hydrogens is 348 g/mol. The van der Waals surface area contributed by atoms with E-state index in [-0.39, 0.29) is 17.7 Å². The van der Waals surface area contributed by atoms with Crippen LogP contribution in [0.5, 0.6) is 0 Å². The number of likely N-dealkylation sites (tertiary alicyclic amines) is 1. The standard InChI is InChI=1S/C19H24N4O2S/c1-21(2)17(24)14-9-11-22(12-10-14)18(25)16-13-20-19(26-3)23(16)15-7-5-4-6-8-15/h4-8,13-14H,9-12H2,1-3H3. The molecule has 0 radical (unpaired) electrons. The van der Waals surface area contributed by atoms with Gasteiger partial charge in [-0.05, 0) is 31.2 Å². The second-order valence-electron chi connectivity index (χ2n) is 6.60. The Kier molecular flexibility index (Phi) is 5.66. The number of para-hydroxylation sites is 1. The fourth-order valence-corrected chi connectivity index (χ4v) is 3.86. The molecule has 1 aliphatic heterocycles. The van der Waals surface area contributed by atoms with Crippen molar-refractivity contribution in [2.45, 2.75) is 18.0 Å². The Hall–Kier alpha value is -2.28. The van der Waals surface area contributed by atoms with Crippen molar-refractivity contribution in [2.24, 2.45) is 5.92 Å². The summed E-state index contributed by atoms with van der Waals surface area (Å²) in [5, 5.41) is 0.789. The minimum Gasteiger partial charge on any atom is -0.349 e. The van der Waals surface area contributed by atoms with E-state index in [9.17, 15) is 9.59 Å². The Balaban J connectivity index is 1.80. The number of amides is 2. The van der Waals surface area contributed by atoms with E-state index >= 15 is 0 Å². The molecule has 0 bridgehead atoms. The van der Waals surface area contributed by atoms with Gasteiger partial charge in [0.15, 0.2) is 5.16 Å². The van der Waals surface area contributed by atoms with Gasteiger partial charge in [-0.15, -0.1) is 0 Å². The number of hydrogen-bond acceptors (Lipinski definition) is 4. The Morgan fingerprint density at radius 2 is 1.81 bits per heavy atom. The molecule has 1 saturated heterocycles. The minimum absolute atomic E-state index is 0.00911. The first-order valence-electron chi connectivity index (χ1n) is 8.70. The summed E-state index contributed by atoms with van der Waals surface area (Å²) in [4.78, 5) is 33.1. The summed E-state index contributed by atoms with van der Waals surface area (Å²) in [5.74, 6) is 0.128. The lowest BCUT2D eigenvalue weighted by atomic mass is 9.95. The molecule has 2 aromatic rings. The third-order valence-corrected chi connectivity index (χ3v) is 5.37. The fourth-order valence-electron chi connectivity index (χ4n) is 3.31. The Morgan fingerprint density at radius 1 is 1.15 bits per heavy atom. The smallest absolute Gasteiger partial charge is 0.272 e. The van der Waals surface area contributed by atoms with Crippen molar-refractivity contribution in [2.75, 3.05) is 33.4 Å². The van der Waals surface area contributed by atoms with Gasteiger partial charge in [0, 0.05) is 38.8 Å². The van der Waals surface area contributed by atoms with Crippen molar-refractivity contribution >= 4 is 23.6 Å². The number of carbonyl (C=O) groups excluding carboxylic acids is 2. The summed E-state index contributed by atoms with van der Waals surface area (Å²) in [5.41, 5.74) is 1.49. The lowest BCUT2D eigenvalue weighted by molar-refractivity contribution is -0.134. The van der Waals surface area contributed by atoms with Crippen LogP contribution in [-0.4, -0.2) is 64.6 Å². The highest BCUT2D eigenvalue weighted by Gasteiger charge is 2.30. The minimum atomic E-state index is -0.0302. The molecule has 1 aromatic carbocycles. The van der Waals surface area contributed by atoms with Gasteiger partial charge in [0.1, 0.15) is 5.69 Å². The molecule has 7 heteroatoms. The van der Waals surface area contributed by atoms with Gasteiger partial charge in [-0.3, -0.25) is 14.2 Å². The van der Waals surface area contributed by atoms with Gasteiger partial charge < -0.3 is 9.80 Å². The summed E-state index contributed by atoms with van der Waals surface area (Å²) in [7, 11) is 3.56. The van der Waals surface area contributed by atoms with Crippen LogP contribution in [0, 0.1) is 5.92 Å². The van der Waals surface area contributed by atoms with E-state index in [4.69, 9.17) is 0 Å². The van der Waals surface area contributed by atoms with E-state index in [2.05, 4.69) is 4.98 Å². The van der Waals surface area contributed by atoms with E-state index in [1.54, 1.807) is 25.2 Å². The molecule has 2 heterocycles. The van der Waals surface area contributed by atoms with Crippen LogP contribution in [0.4, 0.5) is 0 Å². The average Bonchev–Trinajstić information content (AvgIpc) is 3.11. The van der Waals surface area contributed by atoms with Gasteiger partial charge in [-0.1, -0.05) is 30.0 Å². The molecule has 0 aliphatic carbocycles. The van der Waals surface area contributed by atoms with Gasteiger partial charge in [-0.2, -0.15) is 0 Å². The van der Waals surface area contributed by atoms with Crippen LogP contribution in [-0.2, 0) is 4.79 Å². The first-order valence-corrected chi connectivity index (χ1v) is 9.93. The SMILES string of the molecule is CSc1ncc(C(=O)N2CCC(C(=O)N(C)C)CC2)n1-c1ccccc1. The largest absolute Gasteiger partial charge is 0.349 e. The molecule has 1 aromatic heterocycles. The molecular formula is C19H24N4O2S. The second-order valence-corrected chi connectivity index (χ2v) is 7.37. The zero-order chi connectivity index (χ0) is 18.7. The van der Waals surface area contributed by atoms with E-state index in [0.717, 1.165) is 10.8 Å². The molecule has 2 amide bonds. The van der Waals surface area contributed by atoms with Gasteiger partial charge >= 0.3 is 0 Å². The predicted octanol–water partition coefficient (Wildman–Crippen LogP) is 2.53. The number of nitrogens with zero attached hydrogens (tertiary/aromatic N) is 4. The van der Waals surface area contributed by atoms with E-state index in [0.29, 0.717) is 31.6 Å². The van der Waals surface area contributed by atoms with Crippen molar-refractivity contribution in [3.05, 3.63) is 42.2 Å².